The van der Waals surface area contributed by atoms with Crippen molar-refractivity contribution in [3.8, 4) is 6.07 Å². The van der Waals surface area contributed by atoms with Crippen molar-refractivity contribution in [3.05, 3.63) is 64.5 Å². The first-order valence-corrected chi connectivity index (χ1v) is 6.27. The Balaban J connectivity index is 2.15. The third kappa shape index (κ3) is 3.37. The number of aromatic carboxylic acids is 1. The zero-order valence-electron chi connectivity index (χ0n) is 11.4. The zero-order valence-corrected chi connectivity index (χ0v) is 11.4. The molecule has 0 aliphatic carbocycles. The minimum atomic E-state index is -0.978. The van der Waals surface area contributed by atoms with Crippen molar-refractivity contribution in [2.24, 2.45) is 0 Å². The maximum absolute atomic E-state index is 13.6. The van der Waals surface area contributed by atoms with Gasteiger partial charge in [-0.15, -0.1) is 0 Å². The van der Waals surface area contributed by atoms with Crippen molar-refractivity contribution >= 4 is 11.7 Å². The number of carboxylic acid groups (broad SMARTS) is 1. The van der Waals surface area contributed by atoms with Gasteiger partial charge in [-0.3, -0.25) is 0 Å². The van der Waals surface area contributed by atoms with Gasteiger partial charge in [0.1, 0.15) is 5.82 Å². The lowest BCUT2D eigenvalue weighted by molar-refractivity contribution is 0.0697. The molecule has 2 aromatic rings. The second-order valence-electron chi connectivity index (χ2n) is 4.60. The van der Waals surface area contributed by atoms with Gasteiger partial charge in [0.25, 0.3) is 0 Å². The second-order valence-corrected chi connectivity index (χ2v) is 4.60. The van der Waals surface area contributed by atoms with E-state index in [0.717, 1.165) is 5.56 Å². The third-order valence-corrected chi connectivity index (χ3v) is 3.16. The smallest absolute Gasteiger partial charge is 0.335 e. The highest BCUT2D eigenvalue weighted by molar-refractivity contribution is 5.87. The Morgan fingerprint density at radius 3 is 2.57 bits per heavy atom. The van der Waals surface area contributed by atoms with Crippen LogP contribution in [0.15, 0.2) is 36.4 Å². The molecule has 0 atom stereocenters. The lowest BCUT2D eigenvalue weighted by atomic mass is 10.1. The standard InChI is InChI=1S/C16H13FN2O2/c1-10-14(17)6-12(8-18)7-15(10)19-9-11-2-4-13(5-3-11)16(20)21/h2-7,19H,9H2,1H3,(H,20,21). The summed E-state index contributed by atoms with van der Waals surface area (Å²) in [7, 11) is 0. The first-order valence-electron chi connectivity index (χ1n) is 6.27. The number of hydrogen-bond acceptors (Lipinski definition) is 3. The Labute approximate surface area is 121 Å². The molecular formula is C16H13FN2O2. The molecule has 0 unspecified atom stereocenters. The van der Waals surface area contributed by atoms with Crippen LogP contribution in [0, 0.1) is 24.1 Å². The molecule has 2 aromatic carbocycles. The predicted molar refractivity (Wildman–Crippen MR) is 76.6 cm³/mol. The van der Waals surface area contributed by atoms with Crippen LogP contribution < -0.4 is 5.32 Å². The summed E-state index contributed by atoms with van der Waals surface area (Å²) in [6.07, 6.45) is 0. The quantitative estimate of drug-likeness (QED) is 0.903. The number of benzene rings is 2. The lowest BCUT2D eigenvalue weighted by Crippen LogP contribution is -2.04. The largest absolute Gasteiger partial charge is 0.478 e. The van der Waals surface area contributed by atoms with Gasteiger partial charge >= 0.3 is 5.97 Å². The number of nitriles is 1. The van der Waals surface area contributed by atoms with E-state index in [1.807, 2.05) is 6.07 Å². The van der Waals surface area contributed by atoms with E-state index < -0.39 is 11.8 Å². The summed E-state index contributed by atoms with van der Waals surface area (Å²) in [5, 5.41) is 20.7. The van der Waals surface area contributed by atoms with E-state index in [1.54, 1.807) is 25.1 Å². The van der Waals surface area contributed by atoms with Gasteiger partial charge in [-0.05, 0) is 36.8 Å². The summed E-state index contributed by atoms with van der Waals surface area (Å²) in [6, 6.07) is 11.1. The fraction of sp³-hybridized carbons (Fsp3) is 0.125. The van der Waals surface area contributed by atoms with E-state index in [2.05, 4.69) is 5.32 Å². The van der Waals surface area contributed by atoms with Crippen LogP contribution >= 0.6 is 0 Å². The van der Waals surface area contributed by atoms with E-state index in [4.69, 9.17) is 10.4 Å². The molecule has 2 rings (SSSR count). The highest BCUT2D eigenvalue weighted by atomic mass is 19.1. The predicted octanol–water partition coefficient (Wildman–Crippen LogP) is 3.32. The van der Waals surface area contributed by atoms with E-state index in [1.165, 1.54) is 18.2 Å². The number of anilines is 1. The molecule has 0 saturated heterocycles. The molecule has 5 heteroatoms. The third-order valence-electron chi connectivity index (χ3n) is 3.16. The van der Waals surface area contributed by atoms with Gasteiger partial charge in [-0.2, -0.15) is 5.26 Å². The van der Waals surface area contributed by atoms with Gasteiger partial charge in [-0.25, -0.2) is 9.18 Å². The van der Waals surface area contributed by atoms with Crippen molar-refractivity contribution < 1.29 is 14.3 Å². The molecule has 0 heterocycles. The number of carbonyl (C=O) groups is 1. The van der Waals surface area contributed by atoms with Gasteiger partial charge < -0.3 is 10.4 Å². The van der Waals surface area contributed by atoms with Crippen molar-refractivity contribution in [2.75, 3.05) is 5.32 Å². The van der Waals surface area contributed by atoms with Crippen LogP contribution in [0.4, 0.5) is 10.1 Å². The van der Waals surface area contributed by atoms with Crippen LogP contribution in [0.3, 0.4) is 0 Å². The molecule has 0 bridgehead atoms. The maximum Gasteiger partial charge on any atom is 0.335 e. The first kappa shape index (κ1) is 14.5. The molecule has 21 heavy (non-hydrogen) atoms. The van der Waals surface area contributed by atoms with Crippen LogP contribution in [0.2, 0.25) is 0 Å². The van der Waals surface area contributed by atoms with Crippen molar-refractivity contribution in [2.45, 2.75) is 13.5 Å². The van der Waals surface area contributed by atoms with Gasteiger partial charge in [0.2, 0.25) is 0 Å². The fourth-order valence-corrected chi connectivity index (χ4v) is 1.89. The van der Waals surface area contributed by atoms with Crippen LogP contribution in [-0.2, 0) is 6.54 Å². The molecule has 2 N–H and O–H groups in total. The lowest BCUT2D eigenvalue weighted by Gasteiger charge is -2.11. The molecule has 0 aliphatic rings. The Morgan fingerprint density at radius 2 is 2.00 bits per heavy atom. The fourth-order valence-electron chi connectivity index (χ4n) is 1.89. The van der Waals surface area contributed by atoms with E-state index in [0.29, 0.717) is 17.8 Å². The maximum atomic E-state index is 13.6. The Morgan fingerprint density at radius 1 is 1.33 bits per heavy atom. The highest BCUT2D eigenvalue weighted by Crippen LogP contribution is 2.21. The van der Waals surface area contributed by atoms with Crippen LogP contribution in [0.25, 0.3) is 0 Å². The first-order chi connectivity index (χ1) is 10.0. The number of nitrogens with one attached hydrogen (secondary N) is 1. The number of rotatable bonds is 4. The monoisotopic (exact) mass is 284 g/mol. The number of halogens is 1. The summed E-state index contributed by atoms with van der Waals surface area (Å²) in [5.41, 5.74) is 2.32. The van der Waals surface area contributed by atoms with Gasteiger partial charge in [0.15, 0.2) is 0 Å². The minimum absolute atomic E-state index is 0.215. The topological polar surface area (TPSA) is 73.1 Å². The molecule has 0 fully saturated rings. The van der Waals surface area contributed by atoms with Crippen molar-refractivity contribution in [1.29, 1.82) is 5.26 Å². The van der Waals surface area contributed by atoms with Crippen LogP contribution in [-0.4, -0.2) is 11.1 Å². The summed E-state index contributed by atoms with van der Waals surface area (Å²) >= 11 is 0. The van der Waals surface area contributed by atoms with E-state index in [9.17, 15) is 9.18 Å². The zero-order chi connectivity index (χ0) is 15.4. The minimum Gasteiger partial charge on any atom is -0.478 e. The van der Waals surface area contributed by atoms with E-state index >= 15 is 0 Å². The molecule has 4 nitrogen and oxygen atoms in total. The van der Waals surface area contributed by atoms with Gasteiger partial charge in [0, 0.05) is 17.8 Å². The SMILES string of the molecule is Cc1c(F)cc(C#N)cc1NCc1ccc(C(=O)O)cc1. The summed E-state index contributed by atoms with van der Waals surface area (Å²) in [4.78, 5) is 10.8. The molecule has 106 valence electrons. The second kappa shape index (κ2) is 6.06. The van der Waals surface area contributed by atoms with Crippen molar-refractivity contribution in [3.63, 3.8) is 0 Å². The summed E-state index contributed by atoms with van der Waals surface area (Å²) in [6.45, 7) is 2.04. The number of hydrogen-bond donors (Lipinski definition) is 2. The highest BCUT2D eigenvalue weighted by Gasteiger charge is 2.07. The van der Waals surface area contributed by atoms with Gasteiger partial charge in [-0.1, -0.05) is 12.1 Å². The molecule has 0 aromatic heterocycles. The summed E-state index contributed by atoms with van der Waals surface area (Å²) in [5.74, 6) is -1.41. The van der Waals surface area contributed by atoms with Crippen molar-refractivity contribution in [1.82, 2.24) is 0 Å². The Bertz CT molecular complexity index is 718. The normalized spacial score (nSPS) is 9.95. The molecular weight excluding hydrogens is 271 g/mol. The number of nitrogens with zero attached hydrogens (tertiary/aromatic N) is 1. The Kier molecular flexibility index (Phi) is 4.19. The van der Waals surface area contributed by atoms with Crippen LogP contribution in [0.5, 0.6) is 0 Å². The van der Waals surface area contributed by atoms with Gasteiger partial charge in [0.05, 0.1) is 17.2 Å². The average Bonchev–Trinajstić information content (AvgIpc) is 2.49. The summed E-state index contributed by atoms with van der Waals surface area (Å²) < 4.78 is 13.6. The van der Waals surface area contributed by atoms with Crippen LogP contribution in [0.1, 0.15) is 27.0 Å². The Hall–Kier alpha value is -2.87. The average molecular weight is 284 g/mol. The molecule has 0 spiro atoms. The molecule has 0 amide bonds. The molecule has 0 aliphatic heterocycles. The number of carboxylic acids is 1. The molecule has 0 saturated carbocycles. The molecule has 0 radical (unpaired) electrons. The van der Waals surface area contributed by atoms with E-state index in [-0.39, 0.29) is 11.1 Å².